The fourth-order valence-corrected chi connectivity index (χ4v) is 3.91. The van der Waals surface area contributed by atoms with Crippen molar-refractivity contribution in [2.45, 2.75) is 37.9 Å². The summed E-state index contributed by atoms with van der Waals surface area (Å²) in [6.45, 7) is 1.68. The third-order valence-corrected chi connectivity index (χ3v) is 5.81. The minimum absolute atomic E-state index is 0.0304. The van der Waals surface area contributed by atoms with Gasteiger partial charge in [-0.15, -0.1) is 0 Å². The molecule has 1 amide bonds. The van der Waals surface area contributed by atoms with Gasteiger partial charge in [-0.25, -0.2) is 8.42 Å². The van der Waals surface area contributed by atoms with Crippen molar-refractivity contribution in [2.24, 2.45) is 11.8 Å². The van der Waals surface area contributed by atoms with E-state index in [9.17, 15) is 13.2 Å². The van der Waals surface area contributed by atoms with Crippen LogP contribution in [0.5, 0.6) is 0 Å². The molecule has 0 spiro atoms. The summed E-state index contributed by atoms with van der Waals surface area (Å²) in [4.78, 5) is 12.0. The van der Waals surface area contributed by atoms with Crippen LogP contribution >= 0.6 is 0 Å². The molecule has 0 aromatic heterocycles. The van der Waals surface area contributed by atoms with Crippen molar-refractivity contribution in [1.82, 2.24) is 9.62 Å². The number of piperidine rings is 1. The molecule has 20 heavy (non-hydrogen) atoms. The molecule has 6 nitrogen and oxygen atoms in total. The molecule has 2 saturated heterocycles. The molecule has 1 aliphatic carbocycles. The summed E-state index contributed by atoms with van der Waals surface area (Å²) in [5.41, 5.74) is 0. The van der Waals surface area contributed by atoms with Gasteiger partial charge in [0.2, 0.25) is 15.9 Å². The van der Waals surface area contributed by atoms with Crippen molar-refractivity contribution in [2.75, 3.05) is 25.9 Å². The van der Waals surface area contributed by atoms with Crippen molar-refractivity contribution >= 4 is 15.9 Å². The number of hydrogen-bond donors (Lipinski definition) is 1. The van der Waals surface area contributed by atoms with E-state index in [4.69, 9.17) is 4.74 Å². The molecule has 0 radical (unpaired) electrons. The first-order chi connectivity index (χ1) is 9.43. The number of fused-ring (bicyclic) bond motifs is 1. The standard InChI is InChI=1S/C13H22N2O4S/c1-20(17,18)15-5-4-10-6-11(19-12(10)8-15)13(16)14-7-9-2-3-9/h9-12H,2-8H2,1H3,(H,14,16)/t10-,11+,12+/m0/s1. The van der Waals surface area contributed by atoms with Gasteiger partial charge >= 0.3 is 0 Å². The van der Waals surface area contributed by atoms with Crippen LogP contribution in [0.25, 0.3) is 0 Å². The molecule has 3 atom stereocenters. The third-order valence-electron chi connectivity index (χ3n) is 4.54. The Morgan fingerprint density at radius 3 is 2.75 bits per heavy atom. The molecular weight excluding hydrogens is 280 g/mol. The summed E-state index contributed by atoms with van der Waals surface area (Å²) in [5.74, 6) is 0.935. The molecule has 2 heterocycles. The molecule has 0 bridgehead atoms. The van der Waals surface area contributed by atoms with Crippen LogP contribution in [0.2, 0.25) is 0 Å². The van der Waals surface area contributed by atoms with E-state index in [1.54, 1.807) is 0 Å². The predicted molar refractivity (Wildman–Crippen MR) is 73.5 cm³/mol. The average Bonchev–Trinajstić information content (AvgIpc) is 3.11. The first-order valence-electron chi connectivity index (χ1n) is 7.32. The van der Waals surface area contributed by atoms with E-state index < -0.39 is 16.1 Å². The number of carbonyl (C=O) groups excluding carboxylic acids is 1. The highest BCUT2D eigenvalue weighted by atomic mass is 32.2. The van der Waals surface area contributed by atoms with Crippen molar-refractivity contribution in [3.05, 3.63) is 0 Å². The molecule has 0 unspecified atom stereocenters. The lowest BCUT2D eigenvalue weighted by Crippen LogP contribution is -2.45. The number of nitrogens with one attached hydrogen (secondary N) is 1. The quantitative estimate of drug-likeness (QED) is 0.790. The van der Waals surface area contributed by atoms with Gasteiger partial charge in [0, 0.05) is 19.6 Å². The number of carbonyl (C=O) groups is 1. The van der Waals surface area contributed by atoms with E-state index in [-0.39, 0.29) is 12.0 Å². The Hall–Kier alpha value is -0.660. The van der Waals surface area contributed by atoms with Crippen molar-refractivity contribution in [3.63, 3.8) is 0 Å². The van der Waals surface area contributed by atoms with E-state index in [1.165, 1.54) is 23.4 Å². The van der Waals surface area contributed by atoms with Gasteiger partial charge in [-0.2, -0.15) is 4.31 Å². The maximum atomic E-state index is 12.0. The minimum Gasteiger partial charge on any atom is -0.363 e. The molecule has 7 heteroatoms. The lowest BCUT2D eigenvalue weighted by Gasteiger charge is -2.32. The third kappa shape index (κ3) is 3.15. The SMILES string of the molecule is CS(=O)(=O)N1CC[C@H]2C[C@H](C(=O)NCC3CC3)O[C@@H]2C1. The van der Waals surface area contributed by atoms with E-state index in [1.807, 2.05) is 0 Å². The summed E-state index contributed by atoms with van der Waals surface area (Å²) in [6, 6.07) is 0. The lowest BCUT2D eigenvalue weighted by atomic mass is 9.93. The molecule has 1 N–H and O–H groups in total. The van der Waals surface area contributed by atoms with Gasteiger partial charge in [-0.1, -0.05) is 0 Å². The molecule has 3 aliphatic rings. The molecule has 2 aliphatic heterocycles. The fourth-order valence-electron chi connectivity index (χ4n) is 3.05. The average molecular weight is 302 g/mol. The van der Waals surface area contributed by atoms with Crippen molar-refractivity contribution < 1.29 is 17.9 Å². The van der Waals surface area contributed by atoms with Gasteiger partial charge < -0.3 is 10.1 Å². The van der Waals surface area contributed by atoms with E-state index >= 15 is 0 Å². The maximum Gasteiger partial charge on any atom is 0.249 e. The predicted octanol–water partition coefficient (Wildman–Crippen LogP) is -0.0484. The molecule has 114 valence electrons. The molecule has 0 aromatic carbocycles. The Bertz CT molecular complexity index is 489. The van der Waals surface area contributed by atoms with Crippen LogP contribution in [0.15, 0.2) is 0 Å². The fraction of sp³-hybridized carbons (Fsp3) is 0.923. The monoisotopic (exact) mass is 302 g/mol. The Labute approximate surface area is 119 Å². The van der Waals surface area contributed by atoms with Crippen molar-refractivity contribution in [3.8, 4) is 0 Å². The summed E-state index contributed by atoms with van der Waals surface area (Å²) in [6.07, 6.45) is 4.62. The van der Waals surface area contributed by atoms with Crippen LogP contribution in [-0.4, -0.2) is 56.7 Å². The second-order valence-corrected chi connectivity index (χ2v) is 8.24. The first-order valence-corrected chi connectivity index (χ1v) is 9.16. The highest BCUT2D eigenvalue weighted by Gasteiger charge is 2.43. The van der Waals surface area contributed by atoms with Gasteiger partial charge in [-0.05, 0) is 37.5 Å². The van der Waals surface area contributed by atoms with Gasteiger partial charge in [0.15, 0.2) is 0 Å². The molecular formula is C13H22N2O4S. The van der Waals surface area contributed by atoms with Crippen LogP contribution in [0.4, 0.5) is 0 Å². The number of rotatable bonds is 4. The Morgan fingerprint density at radius 2 is 2.10 bits per heavy atom. The summed E-state index contributed by atoms with van der Waals surface area (Å²) in [5, 5.41) is 2.94. The summed E-state index contributed by atoms with van der Waals surface area (Å²) < 4.78 is 30.4. The zero-order valence-corrected chi connectivity index (χ0v) is 12.6. The normalized spacial score (nSPS) is 34.8. The number of ether oxygens (including phenoxy) is 1. The second-order valence-electron chi connectivity index (χ2n) is 6.26. The molecule has 3 rings (SSSR count). The minimum atomic E-state index is -3.16. The van der Waals surface area contributed by atoms with Gasteiger partial charge in [0.25, 0.3) is 0 Å². The van der Waals surface area contributed by atoms with Crippen LogP contribution in [0.1, 0.15) is 25.7 Å². The molecule has 0 aromatic rings. The van der Waals surface area contributed by atoms with E-state index in [0.29, 0.717) is 24.9 Å². The lowest BCUT2D eigenvalue weighted by molar-refractivity contribution is -0.132. The van der Waals surface area contributed by atoms with E-state index in [0.717, 1.165) is 19.4 Å². The zero-order valence-electron chi connectivity index (χ0n) is 11.7. The van der Waals surface area contributed by atoms with Gasteiger partial charge in [0.1, 0.15) is 6.10 Å². The van der Waals surface area contributed by atoms with E-state index in [2.05, 4.69) is 5.32 Å². The first kappa shape index (κ1) is 14.3. The summed E-state index contributed by atoms with van der Waals surface area (Å²) in [7, 11) is -3.16. The van der Waals surface area contributed by atoms with Crippen LogP contribution in [0, 0.1) is 11.8 Å². The zero-order chi connectivity index (χ0) is 14.3. The van der Waals surface area contributed by atoms with Gasteiger partial charge in [0.05, 0.1) is 12.4 Å². The molecule has 1 saturated carbocycles. The number of amides is 1. The van der Waals surface area contributed by atoms with Crippen LogP contribution < -0.4 is 5.32 Å². The highest BCUT2D eigenvalue weighted by Crippen LogP contribution is 2.34. The Morgan fingerprint density at radius 1 is 1.35 bits per heavy atom. The topological polar surface area (TPSA) is 75.7 Å². The van der Waals surface area contributed by atoms with Crippen LogP contribution in [0.3, 0.4) is 0 Å². The Kier molecular flexibility index (Phi) is 3.77. The second kappa shape index (κ2) is 5.27. The van der Waals surface area contributed by atoms with Crippen LogP contribution in [-0.2, 0) is 19.6 Å². The maximum absolute atomic E-state index is 12.0. The summed E-state index contributed by atoms with van der Waals surface area (Å²) >= 11 is 0. The molecule has 3 fully saturated rings. The smallest absolute Gasteiger partial charge is 0.249 e. The number of nitrogens with zero attached hydrogens (tertiary/aromatic N) is 1. The largest absolute Gasteiger partial charge is 0.363 e. The highest BCUT2D eigenvalue weighted by molar-refractivity contribution is 7.88. The Balaban J connectivity index is 1.54. The number of sulfonamides is 1. The van der Waals surface area contributed by atoms with Gasteiger partial charge in [-0.3, -0.25) is 4.79 Å². The number of hydrogen-bond acceptors (Lipinski definition) is 4. The van der Waals surface area contributed by atoms with Crippen molar-refractivity contribution in [1.29, 1.82) is 0 Å².